The highest BCUT2D eigenvalue weighted by molar-refractivity contribution is 5.50. The molecule has 0 bridgehead atoms. The molecule has 1 fully saturated rings. The third-order valence-electron chi connectivity index (χ3n) is 3.94. The summed E-state index contributed by atoms with van der Waals surface area (Å²) in [5.41, 5.74) is 1.73. The molecule has 1 aliphatic heterocycles. The lowest BCUT2D eigenvalue weighted by Crippen LogP contribution is -2.38. The van der Waals surface area contributed by atoms with Crippen LogP contribution in [0.1, 0.15) is 31.7 Å². The van der Waals surface area contributed by atoms with Crippen molar-refractivity contribution < 1.29 is 9.13 Å². The lowest BCUT2D eigenvalue weighted by atomic mass is 10.0. The Labute approximate surface area is 121 Å². The smallest absolute Gasteiger partial charge is 0.146 e. The summed E-state index contributed by atoms with van der Waals surface area (Å²) in [6.07, 6.45) is 3.56. The molecule has 1 saturated heterocycles. The summed E-state index contributed by atoms with van der Waals surface area (Å²) in [4.78, 5) is 2.20. The molecule has 1 aromatic carbocycles. The van der Waals surface area contributed by atoms with E-state index < -0.39 is 0 Å². The summed E-state index contributed by atoms with van der Waals surface area (Å²) in [5.74, 6) is -0.107. The Bertz CT molecular complexity index is 425. The molecule has 1 N–H and O–H groups in total. The normalized spacial score (nSPS) is 19.4. The summed E-state index contributed by atoms with van der Waals surface area (Å²) >= 11 is 0. The first-order valence-electron chi connectivity index (χ1n) is 7.47. The Morgan fingerprint density at radius 1 is 1.40 bits per heavy atom. The largest absolute Gasteiger partial charge is 0.383 e. The molecule has 112 valence electrons. The molecular formula is C16H25FN2O. The molecule has 4 heteroatoms. The quantitative estimate of drug-likeness (QED) is 0.811. The number of hydrogen-bond acceptors (Lipinski definition) is 3. The molecule has 1 atom stereocenters. The van der Waals surface area contributed by atoms with E-state index >= 15 is 0 Å². The van der Waals surface area contributed by atoms with Crippen molar-refractivity contribution in [2.24, 2.45) is 0 Å². The SMILES string of the molecule is COCCNCc1ccc(N2CCCCC2C)c(F)c1. The minimum atomic E-state index is -0.107. The van der Waals surface area contributed by atoms with Gasteiger partial charge in [-0.1, -0.05) is 6.07 Å². The van der Waals surface area contributed by atoms with Crippen molar-refractivity contribution in [3.05, 3.63) is 29.6 Å². The van der Waals surface area contributed by atoms with Crippen LogP contribution in [0.15, 0.2) is 18.2 Å². The molecule has 20 heavy (non-hydrogen) atoms. The third kappa shape index (κ3) is 3.93. The van der Waals surface area contributed by atoms with Crippen LogP contribution >= 0.6 is 0 Å². The van der Waals surface area contributed by atoms with E-state index in [1.54, 1.807) is 13.2 Å². The molecule has 1 aliphatic rings. The zero-order valence-electron chi connectivity index (χ0n) is 12.5. The first-order chi connectivity index (χ1) is 9.72. The minimum Gasteiger partial charge on any atom is -0.383 e. The van der Waals surface area contributed by atoms with Gasteiger partial charge >= 0.3 is 0 Å². The zero-order valence-corrected chi connectivity index (χ0v) is 12.5. The molecule has 1 unspecified atom stereocenters. The van der Waals surface area contributed by atoms with Gasteiger partial charge in [0.25, 0.3) is 0 Å². The van der Waals surface area contributed by atoms with Crippen LogP contribution in [0, 0.1) is 5.82 Å². The minimum absolute atomic E-state index is 0.107. The van der Waals surface area contributed by atoms with Crippen molar-refractivity contribution in [3.8, 4) is 0 Å². The Morgan fingerprint density at radius 3 is 2.95 bits per heavy atom. The molecule has 1 heterocycles. The summed E-state index contributed by atoms with van der Waals surface area (Å²) in [5, 5.41) is 3.23. The van der Waals surface area contributed by atoms with Crippen molar-refractivity contribution in [1.29, 1.82) is 0 Å². The van der Waals surface area contributed by atoms with Gasteiger partial charge in [0.15, 0.2) is 0 Å². The number of anilines is 1. The van der Waals surface area contributed by atoms with Gasteiger partial charge in [0.05, 0.1) is 12.3 Å². The number of piperidine rings is 1. The molecule has 2 rings (SSSR count). The average Bonchev–Trinajstić information content (AvgIpc) is 2.45. The highest BCUT2D eigenvalue weighted by atomic mass is 19.1. The highest BCUT2D eigenvalue weighted by Gasteiger charge is 2.21. The van der Waals surface area contributed by atoms with E-state index in [-0.39, 0.29) is 5.82 Å². The van der Waals surface area contributed by atoms with Crippen molar-refractivity contribution >= 4 is 5.69 Å². The number of nitrogens with one attached hydrogen (secondary N) is 1. The summed E-state index contributed by atoms with van der Waals surface area (Å²) < 4.78 is 19.3. The molecule has 0 spiro atoms. The van der Waals surface area contributed by atoms with Gasteiger partial charge in [-0.2, -0.15) is 0 Å². The van der Waals surface area contributed by atoms with Crippen LogP contribution in [0.5, 0.6) is 0 Å². The second kappa shape index (κ2) is 7.60. The van der Waals surface area contributed by atoms with Gasteiger partial charge in [-0.15, -0.1) is 0 Å². The molecule has 0 aliphatic carbocycles. The highest BCUT2D eigenvalue weighted by Crippen LogP contribution is 2.27. The number of halogens is 1. The van der Waals surface area contributed by atoms with Crippen LogP contribution in [0.25, 0.3) is 0 Å². The Kier molecular flexibility index (Phi) is 5.80. The van der Waals surface area contributed by atoms with Gasteiger partial charge in [-0.05, 0) is 43.9 Å². The molecule has 0 radical (unpaired) electrons. The second-order valence-corrected chi connectivity index (χ2v) is 5.49. The van der Waals surface area contributed by atoms with Crippen molar-refractivity contribution in [2.75, 3.05) is 31.7 Å². The van der Waals surface area contributed by atoms with Crippen molar-refractivity contribution in [3.63, 3.8) is 0 Å². The second-order valence-electron chi connectivity index (χ2n) is 5.49. The lowest BCUT2D eigenvalue weighted by molar-refractivity contribution is 0.199. The van der Waals surface area contributed by atoms with E-state index in [1.165, 1.54) is 6.42 Å². The van der Waals surface area contributed by atoms with E-state index in [0.29, 0.717) is 19.2 Å². The first-order valence-corrected chi connectivity index (χ1v) is 7.47. The maximum atomic E-state index is 14.3. The Hall–Kier alpha value is -1.13. The first kappa shape index (κ1) is 15.3. The number of benzene rings is 1. The topological polar surface area (TPSA) is 24.5 Å². The number of hydrogen-bond donors (Lipinski definition) is 1. The average molecular weight is 280 g/mol. The zero-order chi connectivity index (χ0) is 14.4. The Morgan fingerprint density at radius 2 is 2.25 bits per heavy atom. The summed E-state index contributed by atoms with van der Waals surface area (Å²) in [6.45, 7) is 5.27. The van der Waals surface area contributed by atoms with Crippen molar-refractivity contribution in [1.82, 2.24) is 5.32 Å². The van der Waals surface area contributed by atoms with E-state index in [1.807, 2.05) is 12.1 Å². The molecular weight excluding hydrogens is 255 g/mol. The van der Waals surface area contributed by atoms with E-state index in [0.717, 1.165) is 37.2 Å². The molecule has 3 nitrogen and oxygen atoms in total. The van der Waals surface area contributed by atoms with Crippen LogP contribution in [-0.2, 0) is 11.3 Å². The predicted octanol–water partition coefficient (Wildman–Crippen LogP) is 2.94. The molecule has 0 amide bonds. The van der Waals surface area contributed by atoms with Gasteiger partial charge in [-0.3, -0.25) is 0 Å². The summed E-state index contributed by atoms with van der Waals surface area (Å²) in [7, 11) is 1.68. The maximum absolute atomic E-state index is 14.3. The van der Waals surface area contributed by atoms with Gasteiger partial charge in [-0.25, -0.2) is 4.39 Å². The standard InChI is InChI=1S/C16H25FN2O/c1-13-5-3-4-9-19(13)16-7-6-14(11-15(16)17)12-18-8-10-20-2/h6-7,11,13,18H,3-5,8-10,12H2,1-2H3. The number of ether oxygens (including phenoxy) is 1. The van der Waals surface area contributed by atoms with Crippen LogP contribution in [-0.4, -0.2) is 32.8 Å². The fourth-order valence-corrected chi connectivity index (χ4v) is 2.76. The number of nitrogens with zero attached hydrogens (tertiary/aromatic N) is 1. The van der Waals surface area contributed by atoms with Crippen LogP contribution in [0.4, 0.5) is 10.1 Å². The Balaban J connectivity index is 1.98. The predicted molar refractivity (Wildman–Crippen MR) is 80.6 cm³/mol. The van der Waals surface area contributed by atoms with Gasteiger partial charge in [0.2, 0.25) is 0 Å². The fourth-order valence-electron chi connectivity index (χ4n) is 2.76. The van der Waals surface area contributed by atoms with Gasteiger partial charge in [0, 0.05) is 32.8 Å². The van der Waals surface area contributed by atoms with E-state index in [2.05, 4.69) is 17.1 Å². The van der Waals surface area contributed by atoms with Crippen LogP contribution in [0.2, 0.25) is 0 Å². The molecule has 0 saturated carbocycles. The molecule has 0 aromatic heterocycles. The van der Waals surface area contributed by atoms with Gasteiger partial charge in [0.1, 0.15) is 5.82 Å². The summed E-state index contributed by atoms with van der Waals surface area (Å²) in [6, 6.07) is 6.02. The lowest BCUT2D eigenvalue weighted by Gasteiger charge is -2.35. The van der Waals surface area contributed by atoms with Crippen LogP contribution < -0.4 is 10.2 Å². The number of rotatable bonds is 6. The fraction of sp³-hybridized carbons (Fsp3) is 0.625. The third-order valence-corrected chi connectivity index (χ3v) is 3.94. The molecule has 1 aromatic rings. The van der Waals surface area contributed by atoms with E-state index in [9.17, 15) is 4.39 Å². The van der Waals surface area contributed by atoms with Gasteiger partial charge < -0.3 is 15.0 Å². The van der Waals surface area contributed by atoms with Crippen molar-refractivity contribution in [2.45, 2.75) is 38.8 Å². The van der Waals surface area contributed by atoms with Crippen LogP contribution in [0.3, 0.4) is 0 Å². The maximum Gasteiger partial charge on any atom is 0.146 e. The number of methoxy groups -OCH3 is 1. The van der Waals surface area contributed by atoms with E-state index in [4.69, 9.17) is 4.74 Å². The monoisotopic (exact) mass is 280 g/mol.